The van der Waals surface area contributed by atoms with Crippen molar-refractivity contribution in [2.45, 2.75) is 25.8 Å². The van der Waals surface area contributed by atoms with Crippen LogP contribution >= 0.6 is 0 Å². The Labute approximate surface area is 106 Å². The Hall–Kier alpha value is -1.30. The van der Waals surface area contributed by atoms with Gasteiger partial charge in [-0.2, -0.15) is 0 Å². The Morgan fingerprint density at radius 1 is 1.61 bits per heavy atom. The van der Waals surface area contributed by atoms with Gasteiger partial charge in [-0.05, 0) is 31.2 Å². The van der Waals surface area contributed by atoms with E-state index in [1.54, 1.807) is 6.92 Å². The van der Waals surface area contributed by atoms with Crippen LogP contribution in [0.15, 0.2) is 5.11 Å². The Morgan fingerprint density at radius 3 is 2.94 bits per heavy atom. The lowest BCUT2D eigenvalue weighted by molar-refractivity contribution is -0.148. The highest BCUT2D eigenvalue weighted by atomic mass is 16.5. The molecule has 18 heavy (non-hydrogen) atoms. The number of nitrogens with one attached hydrogen (secondary N) is 1. The second-order valence-corrected chi connectivity index (χ2v) is 4.09. The maximum atomic E-state index is 11.9. The predicted molar refractivity (Wildman–Crippen MR) is 66.0 cm³/mol. The van der Waals surface area contributed by atoms with Crippen LogP contribution in [0.25, 0.3) is 10.4 Å². The Kier molecular flexibility index (Phi) is 7.17. The average molecular weight is 256 g/mol. The molecular formula is C11H20N4O3. The number of hydrogen-bond acceptors (Lipinski definition) is 5. The van der Waals surface area contributed by atoms with Crippen molar-refractivity contribution in [2.75, 3.05) is 32.9 Å². The highest BCUT2D eigenvalue weighted by Gasteiger charge is 2.30. The standard InChI is InChI=1S/C11H20N4O3/c1-2-18-11(16)10(13-5-6-14-15-12)9-3-7-17-8-4-9/h9-10,13H,2-8H2,1H3. The van der Waals surface area contributed by atoms with Crippen LogP contribution in [0.3, 0.4) is 0 Å². The SMILES string of the molecule is CCOC(=O)C(NCCN=[N+]=[N-])C1CCOCC1. The van der Waals surface area contributed by atoms with E-state index in [0.29, 0.717) is 32.9 Å². The van der Waals surface area contributed by atoms with E-state index in [1.807, 2.05) is 0 Å². The molecule has 0 spiro atoms. The molecule has 102 valence electrons. The number of nitrogens with zero attached hydrogens (tertiary/aromatic N) is 3. The van der Waals surface area contributed by atoms with E-state index in [1.165, 1.54) is 0 Å². The fourth-order valence-corrected chi connectivity index (χ4v) is 2.04. The van der Waals surface area contributed by atoms with Crippen molar-refractivity contribution in [3.63, 3.8) is 0 Å². The van der Waals surface area contributed by atoms with Crippen LogP contribution < -0.4 is 5.32 Å². The Balaban J connectivity index is 2.49. The minimum atomic E-state index is -0.331. The van der Waals surface area contributed by atoms with E-state index in [4.69, 9.17) is 15.0 Å². The zero-order chi connectivity index (χ0) is 13.2. The fourth-order valence-electron chi connectivity index (χ4n) is 2.04. The van der Waals surface area contributed by atoms with E-state index < -0.39 is 0 Å². The normalized spacial score (nSPS) is 17.8. The summed E-state index contributed by atoms with van der Waals surface area (Å²) in [6, 6.07) is -0.331. The topological polar surface area (TPSA) is 96.3 Å². The van der Waals surface area contributed by atoms with Gasteiger partial charge in [0.05, 0.1) is 6.61 Å². The summed E-state index contributed by atoms with van der Waals surface area (Å²) >= 11 is 0. The van der Waals surface area contributed by atoms with E-state index in [0.717, 1.165) is 12.8 Å². The van der Waals surface area contributed by atoms with Gasteiger partial charge >= 0.3 is 5.97 Å². The summed E-state index contributed by atoms with van der Waals surface area (Å²) in [6.45, 7) is 4.33. The van der Waals surface area contributed by atoms with Crippen molar-refractivity contribution >= 4 is 5.97 Å². The summed E-state index contributed by atoms with van der Waals surface area (Å²) in [4.78, 5) is 14.6. The van der Waals surface area contributed by atoms with Crippen LogP contribution in [0.1, 0.15) is 19.8 Å². The number of azide groups is 1. The van der Waals surface area contributed by atoms with Crippen LogP contribution in [-0.2, 0) is 14.3 Å². The van der Waals surface area contributed by atoms with Gasteiger partial charge in [0.25, 0.3) is 0 Å². The van der Waals surface area contributed by atoms with Crippen LogP contribution in [-0.4, -0.2) is 44.9 Å². The van der Waals surface area contributed by atoms with Gasteiger partial charge in [-0.3, -0.25) is 4.79 Å². The third-order valence-corrected chi connectivity index (χ3v) is 2.92. The Bertz CT molecular complexity index is 299. The summed E-state index contributed by atoms with van der Waals surface area (Å²) in [7, 11) is 0. The summed E-state index contributed by atoms with van der Waals surface area (Å²) in [5, 5.41) is 6.55. The molecule has 0 amide bonds. The molecule has 1 N–H and O–H groups in total. The van der Waals surface area contributed by atoms with Gasteiger partial charge in [0.1, 0.15) is 6.04 Å². The number of ether oxygens (including phenoxy) is 2. The minimum absolute atomic E-state index is 0.226. The molecule has 1 atom stereocenters. The van der Waals surface area contributed by atoms with E-state index in [9.17, 15) is 4.79 Å². The lowest BCUT2D eigenvalue weighted by atomic mass is 9.91. The molecule has 0 saturated carbocycles. The van der Waals surface area contributed by atoms with Crippen molar-refractivity contribution in [1.82, 2.24) is 5.32 Å². The van der Waals surface area contributed by atoms with Crippen molar-refractivity contribution < 1.29 is 14.3 Å². The Morgan fingerprint density at radius 2 is 2.33 bits per heavy atom. The smallest absolute Gasteiger partial charge is 0.323 e. The average Bonchev–Trinajstić information content (AvgIpc) is 2.40. The number of hydrogen-bond donors (Lipinski definition) is 1. The monoisotopic (exact) mass is 256 g/mol. The zero-order valence-electron chi connectivity index (χ0n) is 10.7. The molecular weight excluding hydrogens is 236 g/mol. The lowest BCUT2D eigenvalue weighted by Crippen LogP contribution is -2.46. The number of rotatable bonds is 7. The van der Waals surface area contributed by atoms with Gasteiger partial charge in [-0.15, -0.1) is 0 Å². The molecule has 7 heteroatoms. The lowest BCUT2D eigenvalue weighted by Gasteiger charge is -2.29. The number of carbonyl (C=O) groups excluding carboxylic acids is 1. The van der Waals surface area contributed by atoms with Crippen molar-refractivity contribution in [2.24, 2.45) is 11.0 Å². The molecule has 0 aliphatic carbocycles. The van der Waals surface area contributed by atoms with Crippen LogP contribution in [0.2, 0.25) is 0 Å². The third-order valence-electron chi connectivity index (χ3n) is 2.92. The summed E-state index contributed by atoms with van der Waals surface area (Å²) < 4.78 is 10.4. The van der Waals surface area contributed by atoms with Crippen LogP contribution in [0.4, 0.5) is 0 Å². The highest BCUT2D eigenvalue weighted by Crippen LogP contribution is 2.19. The molecule has 1 fully saturated rings. The van der Waals surface area contributed by atoms with E-state index in [2.05, 4.69) is 15.3 Å². The quantitative estimate of drug-likeness (QED) is 0.244. The van der Waals surface area contributed by atoms with Gasteiger partial charge in [0.15, 0.2) is 0 Å². The molecule has 7 nitrogen and oxygen atoms in total. The van der Waals surface area contributed by atoms with E-state index >= 15 is 0 Å². The van der Waals surface area contributed by atoms with Gasteiger partial charge < -0.3 is 14.8 Å². The maximum Gasteiger partial charge on any atom is 0.323 e. The number of carbonyl (C=O) groups is 1. The molecule has 1 aliphatic heterocycles. The summed E-state index contributed by atoms with van der Waals surface area (Å²) in [6.07, 6.45) is 1.69. The highest BCUT2D eigenvalue weighted by molar-refractivity contribution is 5.76. The second-order valence-electron chi connectivity index (χ2n) is 4.09. The third kappa shape index (κ3) is 4.91. The second kappa shape index (κ2) is 8.74. The van der Waals surface area contributed by atoms with Crippen LogP contribution in [0, 0.1) is 5.92 Å². The largest absolute Gasteiger partial charge is 0.465 e. The van der Waals surface area contributed by atoms with Crippen molar-refractivity contribution in [3.05, 3.63) is 10.4 Å². The maximum absolute atomic E-state index is 11.9. The first kappa shape index (κ1) is 14.8. The minimum Gasteiger partial charge on any atom is -0.465 e. The first-order valence-electron chi connectivity index (χ1n) is 6.28. The summed E-state index contributed by atoms with van der Waals surface area (Å²) in [5.74, 6) is -0.00537. The van der Waals surface area contributed by atoms with Crippen LogP contribution in [0.5, 0.6) is 0 Å². The molecule has 1 aliphatic rings. The van der Waals surface area contributed by atoms with E-state index in [-0.39, 0.29) is 17.9 Å². The van der Waals surface area contributed by atoms with Gasteiger partial charge in [0.2, 0.25) is 0 Å². The molecule has 0 aromatic carbocycles. The zero-order valence-corrected chi connectivity index (χ0v) is 10.7. The molecule has 1 rings (SSSR count). The molecule has 1 heterocycles. The predicted octanol–water partition coefficient (Wildman–Crippen LogP) is 1.24. The fraction of sp³-hybridized carbons (Fsp3) is 0.909. The van der Waals surface area contributed by atoms with Crippen molar-refractivity contribution in [3.8, 4) is 0 Å². The van der Waals surface area contributed by atoms with Crippen molar-refractivity contribution in [1.29, 1.82) is 0 Å². The molecule has 0 radical (unpaired) electrons. The first-order valence-corrected chi connectivity index (χ1v) is 6.28. The number of esters is 1. The molecule has 0 bridgehead atoms. The van der Waals surface area contributed by atoms with Gasteiger partial charge in [0, 0.05) is 31.2 Å². The summed E-state index contributed by atoms with van der Waals surface area (Å²) in [5.41, 5.74) is 8.20. The molecule has 1 unspecified atom stereocenters. The molecule has 0 aromatic heterocycles. The molecule has 0 aromatic rings. The first-order chi connectivity index (χ1) is 8.79. The molecule has 1 saturated heterocycles. The van der Waals surface area contributed by atoms with Gasteiger partial charge in [-0.1, -0.05) is 5.11 Å². The van der Waals surface area contributed by atoms with Gasteiger partial charge in [-0.25, -0.2) is 0 Å².